The van der Waals surface area contributed by atoms with E-state index >= 15 is 0 Å². The van der Waals surface area contributed by atoms with Gasteiger partial charge >= 0.3 is 0 Å². The Morgan fingerprint density at radius 2 is 1.78 bits per heavy atom. The normalized spacial score (nSPS) is 46.4. The average Bonchev–Trinajstić information content (AvgIpc) is 2.40. The molecule has 0 radical (unpaired) electrons. The molecule has 2 aliphatic rings. The minimum absolute atomic E-state index is 0.119. The highest BCUT2D eigenvalue weighted by molar-refractivity contribution is 4.95. The summed E-state index contributed by atoms with van der Waals surface area (Å²) in [5, 5.41) is 10.2. The lowest BCUT2D eigenvalue weighted by Crippen LogP contribution is -2.16. The molecular formula is C6H9NO2. The van der Waals surface area contributed by atoms with E-state index in [9.17, 15) is 10.1 Å². The molecule has 3 heteroatoms. The number of rotatable bonds is 1. The Bertz CT molecular complexity index is 147. The first kappa shape index (κ1) is 5.21. The second-order valence-electron chi connectivity index (χ2n) is 3.17. The molecule has 3 nitrogen and oxygen atoms in total. The van der Waals surface area contributed by atoms with E-state index in [1.54, 1.807) is 0 Å². The van der Waals surface area contributed by atoms with Gasteiger partial charge in [-0.05, 0) is 18.3 Å². The molecular weight excluding hydrogens is 118 g/mol. The molecule has 2 unspecified atom stereocenters. The lowest BCUT2D eigenvalue weighted by atomic mass is 10.2. The van der Waals surface area contributed by atoms with Gasteiger partial charge in [-0.15, -0.1) is 0 Å². The Hall–Kier alpha value is -0.600. The van der Waals surface area contributed by atoms with Crippen LogP contribution in [0.5, 0.6) is 0 Å². The van der Waals surface area contributed by atoms with Crippen molar-refractivity contribution in [3.63, 3.8) is 0 Å². The number of nitro groups is 1. The maximum atomic E-state index is 10.2. The van der Waals surface area contributed by atoms with Gasteiger partial charge in [0.2, 0.25) is 6.04 Å². The highest BCUT2D eigenvalue weighted by Crippen LogP contribution is 2.52. The third-order valence-electron chi connectivity index (χ3n) is 2.52. The van der Waals surface area contributed by atoms with Crippen LogP contribution in [0.2, 0.25) is 0 Å². The highest BCUT2D eigenvalue weighted by atomic mass is 16.6. The van der Waals surface area contributed by atoms with Gasteiger partial charge in [0.25, 0.3) is 0 Å². The maximum absolute atomic E-state index is 10.2. The van der Waals surface area contributed by atoms with E-state index < -0.39 is 0 Å². The van der Waals surface area contributed by atoms with Gasteiger partial charge in [0.15, 0.2) is 0 Å². The fourth-order valence-electron chi connectivity index (χ4n) is 1.85. The van der Waals surface area contributed by atoms with Gasteiger partial charge in [0.05, 0.1) is 0 Å². The molecule has 0 bridgehead atoms. The van der Waals surface area contributed by atoms with Gasteiger partial charge in [-0.2, -0.15) is 0 Å². The van der Waals surface area contributed by atoms with E-state index in [1.807, 2.05) is 0 Å². The van der Waals surface area contributed by atoms with Crippen LogP contribution >= 0.6 is 0 Å². The molecule has 0 aliphatic heterocycles. The molecule has 0 aromatic carbocycles. The molecule has 0 N–H and O–H groups in total. The predicted molar refractivity (Wildman–Crippen MR) is 31.6 cm³/mol. The molecule has 50 valence electrons. The van der Waals surface area contributed by atoms with Gasteiger partial charge in [0.1, 0.15) is 0 Å². The fourth-order valence-corrected chi connectivity index (χ4v) is 1.85. The predicted octanol–water partition coefficient (Wildman–Crippen LogP) is 1.06. The largest absolute Gasteiger partial charge is 0.264 e. The van der Waals surface area contributed by atoms with Crippen LogP contribution in [0.25, 0.3) is 0 Å². The molecule has 2 aliphatic carbocycles. The van der Waals surface area contributed by atoms with Crippen molar-refractivity contribution in [2.24, 2.45) is 11.8 Å². The molecule has 0 heterocycles. The summed E-state index contributed by atoms with van der Waals surface area (Å²) in [5.74, 6) is 1.47. The minimum Gasteiger partial charge on any atom is -0.264 e. The lowest BCUT2D eigenvalue weighted by molar-refractivity contribution is -0.522. The van der Waals surface area contributed by atoms with E-state index in [1.165, 1.54) is 6.42 Å². The first-order valence-corrected chi connectivity index (χ1v) is 3.41. The van der Waals surface area contributed by atoms with E-state index in [0.717, 1.165) is 24.7 Å². The van der Waals surface area contributed by atoms with Crippen molar-refractivity contribution in [3.8, 4) is 0 Å². The van der Waals surface area contributed by atoms with Crippen molar-refractivity contribution in [2.75, 3.05) is 0 Å². The Balaban J connectivity index is 1.97. The first-order chi connectivity index (χ1) is 4.27. The van der Waals surface area contributed by atoms with E-state index in [2.05, 4.69) is 0 Å². The molecule has 2 rings (SSSR count). The van der Waals surface area contributed by atoms with Gasteiger partial charge in [-0.25, -0.2) is 0 Å². The summed E-state index contributed by atoms with van der Waals surface area (Å²) in [4.78, 5) is 10.1. The number of fused-ring (bicyclic) bond motifs is 1. The van der Waals surface area contributed by atoms with E-state index in [0.29, 0.717) is 0 Å². The second kappa shape index (κ2) is 1.46. The third-order valence-corrected chi connectivity index (χ3v) is 2.52. The van der Waals surface area contributed by atoms with Crippen molar-refractivity contribution in [1.82, 2.24) is 0 Å². The quantitative estimate of drug-likeness (QED) is 0.390. The highest BCUT2D eigenvalue weighted by Gasteiger charge is 2.50. The van der Waals surface area contributed by atoms with Crippen LogP contribution in [-0.2, 0) is 0 Å². The molecule has 2 saturated carbocycles. The maximum Gasteiger partial charge on any atom is 0.213 e. The van der Waals surface area contributed by atoms with Crippen molar-refractivity contribution < 1.29 is 4.92 Å². The smallest absolute Gasteiger partial charge is 0.213 e. The number of hydrogen-bond donors (Lipinski definition) is 0. The van der Waals surface area contributed by atoms with Crippen molar-refractivity contribution in [2.45, 2.75) is 25.3 Å². The Morgan fingerprint density at radius 1 is 1.22 bits per heavy atom. The molecule has 0 aromatic heterocycles. The Labute approximate surface area is 53.2 Å². The minimum atomic E-state index is -0.186. The van der Waals surface area contributed by atoms with Crippen LogP contribution in [-0.4, -0.2) is 11.0 Å². The van der Waals surface area contributed by atoms with E-state index in [4.69, 9.17) is 0 Å². The summed E-state index contributed by atoms with van der Waals surface area (Å²) in [6.45, 7) is 0. The molecule has 0 amide bonds. The lowest BCUT2D eigenvalue weighted by Gasteiger charge is -1.99. The molecule has 2 fully saturated rings. The molecule has 0 aromatic rings. The summed E-state index contributed by atoms with van der Waals surface area (Å²) in [6, 6.07) is -0.186. The zero-order chi connectivity index (χ0) is 6.43. The number of hydrogen-bond acceptors (Lipinski definition) is 2. The third kappa shape index (κ3) is 0.713. The zero-order valence-electron chi connectivity index (χ0n) is 5.12. The monoisotopic (exact) mass is 127 g/mol. The first-order valence-electron chi connectivity index (χ1n) is 3.41. The van der Waals surface area contributed by atoms with Crippen molar-refractivity contribution in [3.05, 3.63) is 10.1 Å². The van der Waals surface area contributed by atoms with Crippen LogP contribution in [0.1, 0.15) is 19.3 Å². The second-order valence-corrected chi connectivity index (χ2v) is 3.17. The van der Waals surface area contributed by atoms with Crippen LogP contribution < -0.4 is 0 Å². The fraction of sp³-hybridized carbons (Fsp3) is 1.00. The zero-order valence-corrected chi connectivity index (χ0v) is 5.12. The topological polar surface area (TPSA) is 43.1 Å². The average molecular weight is 127 g/mol. The van der Waals surface area contributed by atoms with Crippen LogP contribution in [0.4, 0.5) is 0 Å². The summed E-state index contributed by atoms with van der Waals surface area (Å²) in [7, 11) is 0. The summed E-state index contributed by atoms with van der Waals surface area (Å²) in [6.07, 6.45) is 2.99. The van der Waals surface area contributed by atoms with Gasteiger partial charge in [-0.1, -0.05) is 0 Å². The van der Waals surface area contributed by atoms with Crippen LogP contribution in [0, 0.1) is 22.0 Å². The van der Waals surface area contributed by atoms with Gasteiger partial charge in [-0.3, -0.25) is 10.1 Å². The van der Waals surface area contributed by atoms with Gasteiger partial charge in [0, 0.05) is 17.8 Å². The SMILES string of the molecule is O=[N+]([O-])C1CC2CC2C1. The van der Waals surface area contributed by atoms with Crippen LogP contribution in [0.15, 0.2) is 0 Å². The molecule has 0 spiro atoms. The van der Waals surface area contributed by atoms with Crippen LogP contribution in [0.3, 0.4) is 0 Å². The van der Waals surface area contributed by atoms with Gasteiger partial charge < -0.3 is 0 Å². The Kier molecular flexibility index (Phi) is 0.845. The van der Waals surface area contributed by atoms with E-state index in [-0.39, 0.29) is 11.0 Å². The molecule has 9 heavy (non-hydrogen) atoms. The van der Waals surface area contributed by atoms with Crippen molar-refractivity contribution in [1.29, 1.82) is 0 Å². The number of nitrogens with zero attached hydrogens (tertiary/aromatic N) is 1. The molecule has 2 atom stereocenters. The summed E-state index contributed by atoms with van der Waals surface area (Å²) < 4.78 is 0. The standard InChI is InChI=1S/C6H9NO2/c8-7(9)6-2-4-1-5(4)3-6/h4-6H,1-3H2. The Morgan fingerprint density at radius 3 is 2.11 bits per heavy atom. The summed E-state index contributed by atoms with van der Waals surface area (Å²) >= 11 is 0. The molecule has 0 saturated heterocycles. The summed E-state index contributed by atoms with van der Waals surface area (Å²) in [5.41, 5.74) is 0. The van der Waals surface area contributed by atoms with Crippen molar-refractivity contribution >= 4 is 0 Å².